The number of esters is 2. The Morgan fingerprint density at radius 2 is 0.585 bits per heavy atom. The molecule has 0 fully saturated rings. The molecule has 0 aliphatic carbocycles. The van der Waals surface area contributed by atoms with Gasteiger partial charge in [0.15, 0.2) is 0 Å². The molecule has 0 spiro atoms. The van der Waals surface area contributed by atoms with E-state index in [9.17, 15) is 9.59 Å². The second-order valence-corrected chi connectivity index (χ2v) is 19.5. The van der Waals surface area contributed by atoms with Crippen LogP contribution in [0.15, 0.2) is 48.5 Å². The van der Waals surface area contributed by atoms with Crippen LogP contribution >= 0.6 is 0 Å². The van der Waals surface area contributed by atoms with Gasteiger partial charge in [-0.2, -0.15) is 0 Å². The molecule has 0 aliphatic rings. The van der Waals surface area contributed by atoms with Crippen molar-refractivity contribution in [3.63, 3.8) is 0 Å². The normalized spacial score (nSPS) is 11.2. The third kappa shape index (κ3) is 28.3. The van der Waals surface area contributed by atoms with Crippen LogP contribution in [0.4, 0.5) is 0 Å². The number of carbonyl (C=O) groups is 2. The summed E-state index contributed by atoms with van der Waals surface area (Å²) in [6.45, 7) is 4.56. The summed E-state index contributed by atoms with van der Waals surface area (Å²) in [7, 11) is 0. The fourth-order valence-corrected chi connectivity index (χ4v) is 9.88. The average molecular weight is 838 g/mol. The van der Waals surface area contributed by atoms with E-state index in [0.29, 0.717) is 24.3 Å². The van der Waals surface area contributed by atoms with Gasteiger partial charge in [-0.1, -0.05) is 142 Å². The van der Waals surface area contributed by atoms with Crippen LogP contribution in [0.5, 0.6) is 11.5 Å². The monoisotopic (exact) mass is 838 g/mol. The molecule has 0 atom stereocenters. The van der Waals surface area contributed by atoms with E-state index in [1.54, 1.807) is 0 Å². The predicted octanol–water partition coefficient (Wildman–Crippen LogP) is 13.7. The molecular weight excluding hydrogens is 759 g/mol. The third-order valence-corrected chi connectivity index (χ3v) is 14.0. The number of hydrogen-bond acceptors (Lipinski definition) is 4. The Hall–Kier alpha value is -1.82. The number of rotatable bonds is 36. The molecule has 53 heavy (non-hydrogen) atoms. The van der Waals surface area contributed by atoms with Crippen molar-refractivity contribution in [2.75, 3.05) is 0 Å². The number of benzene rings is 2. The Balaban J connectivity index is 1.44. The zero-order chi connectivity index (χ0) is 37.9. The van der Waals surface area contributed by atoms with Crippen molar-refractivity contribution >= 4 is 40.2 Å². The molecule has 0 aliphatic heterocycles. The molecule has 0 N–H and O–H groups in total. The summed E-state index contributed by atoms with van der Waals surface area (Å²) in [5.74, 6) is 1.01. The molecule has 0 heterocycles. The van der Waals surface area contributed by atoms with Gasteiger partial charge in [0.2, 0.25) is 0 Å². The molecule has 298 valence electrons. The van der Waals surface area contributed by atoms with Crippen LogP contribution in [0.2, 0.25) is 0 Å². The molecule has 0 unspecified atom stereocenters. The van der Waals surface area contributed by atoms with Gasteiger partial charge < -0.3 is 0 Å². The maximum atomic E-state index is 12.4. The quantitative estimate of drug-likeness (QED) is 0.0297. The van der Waals surface area contributed by atoms with Crippen molar-refractivity contribution in [3.8, 4) is 11.5 Å². The van der Waals surface area contributed by atoms with Gasteiger partial charge >= 0.3 is 196 Å². The number of unbranched alkanes of at least 4 members (excludes halogenated alkanes) is 28. The standard InChI is InChI=1S/2C24H39O2.Sn/c2*1-2-3-4-5-6-7-8-9-10-11-12-13-14-15-19-22-24(25)26-23-20-17-16-18-21-23;/h2*17-18,20-21H,2-15,19,22H2,1H3;. The molecule has 0 aromatic heterocycles. The van der Waals surface area contributed by atoms with E-state index in [1.165, 1.54) is 174 Å². The molecule has 0 saturated heterocycles. The van der Waals surface area contributed by atoms with Gasteiger partial charge in [0.25, 0.3) is 0 Å². The Labute approximate surface area is 337 Å². The number of carbonyl (C=O) groups excluding carboxylic acids is 2. The number of ether oxygens (including phenoxy) is 2. The summed E-state index contributed by atoms with van der Waals surface area (Å²) in [5, 5.41) is 0. The van der Waals surface area contributed by atoms with Crippen LogP contribution in [-0.4, -0.2) is 33.1 Å². The van der Waals surface area contributed by atoms with Crippen molar-refractivity contribution in [1.29, 1.82) is 0 Å². The van der Waals surface area contributed by atoms with E-state index >= 15 is 0 Å². The van der Waals surface area contributed by atoms with Gasteiger partial charge in [0, 0.05) is 0 Å². The van der Waals surface area contributed by atoms with Gasteiger partial charge in [-0.05, 0) is 0 Å². The summed E-state index contributed by atoms with van der Waals surface area (Å²) in [4.78, 5) is 24.7. The van der Waals surface area contributed by atoms with Crippen LogP contribution in [-0.2, 0) is 9.59 Å². The van der Waals surface area contributed by atoms with Gasteiger partial charge in [-0.25, -0.2) is 0 Å². The molecule has 2 radical (unpaired) electrons. The van der Waals surface area contributed by atoms with Crippen molar-refractivity contribution in [2.45, 2.75) is 219 Å². The first-order chi connectivity index (χ1) is 26.1. The van der Waals surface area contributed by atoms with Crippen molar-refractivity contribution in [2.24, 2.45) is 0 Å². The second-order valence-electron chi connectivity index (χ2n) is 15.5. The van der Waals surface area contributed by atoms with Crippen LogP contribution < -0.4 is 16.6 Å². The predicted molar refractivity (Wildman–Crippen MR) is 228 cm³/mol. The van der Waals surface area contributed by atoms with Gasteiger partial charge in [-0.3, -0.25) is 0 Å². The topological polar surface area (TPSA) is 52.6 Å². The van der Waals surface area contributed by atoms with Gasteiger partial charge in [0.1, 0.15) is 0 Å². The average Bonchev–Trinajstić information content (AvgIpc) is 3.16. The summed E-state index contributed by atoms with van der Waals surface area (Å²) >= 11 is -0.994. The third-order valence-electron chi connectivity index (χ3n) is 10.4. The van der Waals surface area contributed by atoms with Gasteiger partial charge in [-0.15, -0.1) is 0 Å². The van der Waals surface area contributed by atoms with E-state index in [-0.39, 0.29) is 11.9 Å². The maximum absolute atomic E-state index is 12.4. The van der Waals surface area contributed by atoms with Crippen molar-refractivity contribution < 1.29 is 19.1 Å². The van der Waals surface area contributed by atoms with Crippen molar-refractivity contribution in [3.05, 3.63) is 48.5 Å². The van der Waals surface area contributed by atoms with E-state index < -0.39 is 21.1 Å². The summed E-state index contributed by atoms with van der Waals surface area (Å²) < 4.78 is 13.8. The first-order valence-electron chi connectivity index (χ1n) is 22.5. The van der Waals surface area contributed by atoms with E-state index in [2.05, 4.69) is 38.1 Å². The first kappa shape index (κ1) is 47.3. The van der Waals surface area contributed by atoms with E-state index in [4.69, 9.17) is 9.47 Å². The molecule has 0 saturated carbocycles. The minimum absolute atomic E-state index is 0.128. The molecule has 0 amide bonds. The summed E-state index contributed by atoms with van der Waals surface area (Å²) in [6.07, 6.45) is 40.6. The fourth-order valence-electron chi connectivity index (χ4n) is 7.03. The van der Waals surface area contributed by atoms with Gasteiger partial charge in [0.05, 0.1) is 0 Å². The van der Waals surface area contributed by atoms with Crippen LogP contribution in [0.25, 0.3) is 0 Å². The Kier molecular flexibility index (Phi) is 30.9. The van der Waals surface area contributed by atoms with E-state index in [0.717, 1.165) is 25.7 Å². The Bertz CT molecular complexity index is 1040. The first-order valence-corrected chi connectivity index (χ1v) is 25.3. The number of hydrogen-bond donors (Lipinski definition) is 0. The molecule has 2 aromatic carbocycles. The zero-order valence-electron chi connectivity index (χ0n) is 34.4. The summed E-state index contributed by atoms with van der Waals surface area (Å²) in [5.41, 5.74) is 0. The molecule has 0 bridgehead atoms. The van der Waals surface area contributed by atoms with Crippen LogP contribution in [0, 0.1) is 0 Å². The molecular formula is C48H78O4Sn. The minimum atomic E-state index is -0.994. The molecule has 2 rings (SSSR count). The Morgan fingerprint density at radius 1 is 0.358 bits per heavy atom. The fraction of sp³-hybridized carbons (Fsp3) is 0.708. The van der Waals surface area contributed by atoms with Crippen molar-refractivity contribution in [1.82, 2.24) is 0 Å². The van der Waals surface area contributed by atoms with E-state index in [1.807, 2.05) is 24.3 Å². The Morgan fingerprint density at radius 3 is 0.830 bits per heavy atom. The van der Waals surface area contributed by atoms with Crippen LogP contribution in [0.3, 0.4) is 0 Å². The molecule has 5 heteroatoms. The van der Waals surface area contributed by atoms with Crippen LogP contribution in [0.1, 0.15) is 219 Å². The second kappa shape index (κ2) is 34.7. The zero-order valence-corrected chi connectivity index (χ0v) is 37.2. The SMILES string of the molecule is CCCCCCCCCCCCCCCCCC(=O)Oc1cc[c]([Sn][c]2ccc(OC(=O)CCCCCCCCCCCCCCCCC)cc2)cc1. The molecule has 4 nitrogen and oxygen atoms in total. The molecule has 2 aromatic rings. The summed E-state index contributed by atoms with van der Waals surface area (Å²) in [6, 6.07) is 16.1.